The minimum Gasteiger partial charge on any atom is -0.419 e. The van der Waals surface area contributed by atoms with Gasteiger partial charge in [-0.1, -0.05) is 12.1 Å². The number of anilines is 2. The highest BCUT2D eigenvalue weighted by molar-refractivity contribution is 5.82. The average Bonchev–Trinajstić information content (AvgIpc) is 2.57. The summed E-state index contributed by atoms with van der Waals surface area (Å²) in [7, 11) is 0. The zero-order valence-electron chi connectivity index (χ0n) is 13.5. The van der Waals surface area contributed by atoms with E-state index < -0.39 is 10.6 Å². The fourth-order valence-corrected chi connectivity index (χ4v) is 2.14. The Morgan fingerprint density at radius 2 is 1.96 bits per heavy atom. The third-order valence-electron chi connectivity index (χ3n) is 3.39. The Kier molecular flexibility index (Phi) is 5.61. The van der Waals surface area contributed by atoms with Gasteiger partial charge in [0.15, 0.2) is 0 Å². The molecule has 9 nitrogen and oxygen atoms in total. The maximum atomic E-state index is 11.0. The average molecular weight is 328 g/mol. The summed E-state index contributed by atoms with van der Waals surface area (Å²) in [6.45, 7) is 6.05. The van der Waals surface area contributed by atoms with Gasteiger partial charge >= 0.3 is 5.69 Å². The van der Waals surface area contributed by atoms with Crippen LogP contribution in [0.5, 0.6) is 0 Å². The molecule has 1 aromatic carbocycles. The van der Waals surface area contributed by atoms with E-state index >= 15 is 0 Å². The lowest BCUT2D eigenvalue weighted by molar-refractivity contribution is -0.383. The second kappa shape index (κ2) is 7.86. The van der Waals surface area contributed by atoms with Gasteiger partial charge in [0, 0.05) is 37.1 Å². The minimum atomic E-state index is -0.678. The van der Waals surface area contributed by atoms with Crippen molar-refractivity contribution in [2.45, 2.75) is 13.8 Å². The molecule has 2 N–H and O–H groups in total. The van der Waals surface area contributed by atoms with Crippen LogP contribution in [0, 0.1) is 10.1 Å². The molecular weight excluding hydrogens is 310 g/mol. The Bertz CT molecular complexity index is 727. The maximum absolute atomic E-state index is 11.0. The van der Waals surface area contributed by atoms with Gasteiger partial charge in [0.25, 0.3) is 0 Å². The lowest BCUT2D eigenvalue weighted by atomic mass is 10.2. The fourth-order valence-electron chi connectivity index (χ4n) is 2.14. The van der Waals surface area contributed by atoms with Crippen molar-refractivity contribution >= 4 is 29.2 Å². The molecule has 0 fully saturated rings. The van der Waals surface area contributed by atoms with E-state index in [4.69, 9.17) is 5.73 Å². The Morgan fingerprint density at radius 3 is 2.54 bits per heavy atom. The quantitative estimate of drug-likeness (QED) is 0.473. The second-order valence-electron chi connectivity index (χ2n) is 4.80. The number of aromatic nitrogens is 2. The SMILES string of the molecule is CCN(CC)c1ccc(/C=N\[N-]c2ncnc(N)c2[N+](=O)[O-])cc1. The fraction of sp³-hybridized carbons (Fsp3) is 0.267. The summed E-state index contributed by atoms with van der Waals surface area (Å²) in [5.41, 5.74) is 10.7. The third-order valence-corrected chi connectivity index (χ3v) is 3.39. The number of nitrogens with two attached hydrogens (primary N) is 1. The van der Waals surface area contributed by atoms with Crippen LogP contribution < -0.4 is 10.6 Å². The molecule has 0 aliphatic rings. The smallest absolute Gasteiger partial charge is 0.311 e. The standard InChI is InChI=1S/C15H18N7O2/c1-3-21(4-2)12-7-5-11(6-8-12)9-19-20-15-13(22(23)24)14(16)17-10-18-15/h5-10H,3-4H2,1-2H3,(H2-,16,17,18,20)/q-1/b19-9-. The second-order valence-corrected chi connectivity index (χ2v) is 4.80. The van der Waals surface area contributed by atoms with Crippen molar-refractivity contribution in [3.63, 3.8) is 0 Å². The summed E-state index contributed by atoms with van der Waals surface area (Å²) in [5, 5.41) is 14.8. The summed E-state index contributed by atoms with van der Waals surface area (Å²) in [6.07, 6.45) is 2.60. The predicted molar refractivity (Wildman–Crippen MR) is 93.7 cm³/mol. The van der Waals surface area contributed by atoms with Crippen LogP contribution in [0.3, 0.4) is 0 Å². The molecule has 0 spiro atoms. The van der Waals surface area contributed by atoms with Crippen molar-refractivity contribution in [1.29, 1.82) is 0 Å². The van der Waals surface area contributed by atoms with Gasteiger partial charge < -0.3 is 21.0 Å². The van der Waals surface area contributed by atoms with Crippen LogP contribution in [-0.4, -0.2) is 34.2 Å². The van der Waals surface area contributed by atoms with Gasteiger partial charge in [0.05, 0.1) is 4.92 Å². The highest BCUT2D eigenvalue weighted by Gasteiger charge is 2.14. The molecule has 0 saturated heterocycles. The summed E-state index contributed by atoms with van der Waals surface area (Å²) in [5.74, 6) is -0.420. The largest absolute Gasteiger partial charge is 0.419 e. The van der Waals surface area contributed by atoms with Crippen LogP contribution in [0.25, 0.3) is 5.43 Å². The van der Waals surface area contributed by atoms with Crippen molar-refractivity contribution in [3.05, 3.63) is 51.7 Å². The van der Waals surface area contributed by atoms with E-state index in [0.29, 0.717) is 0 Å². The van der Waals surface area contributed by atoms with Crippen LogP contribution in [0.2, 0.25) is 0 Å². The molecule has 126 valence electrons. The van der Waals surface area contributed by atoms with Crippen LogP contribution in [0.4, 0.5) is 23.0 Å². The molecule has 9 heteroatoms. The van der Waals surface area contributed by atoms with E-state index in [9.17, 15) is 10.1 Å². The molecule has 1 heterocycles. The van der Waals surface area contributed by atoms with Crippen molar-refractivity contribution < 1.29 is 4.92 Å². The van der Waals surface area contributed by atoms with E-state index in [0.717, 1.165) is 30.7 Å². The van der Waals surface area contributed by atoms with E-state index in [-0.39, 0.29) is 11.6 Å². The Labute approximate surface area is 139 Å². The van der Waals surface area contributed by atoms with Crippen molar-refractivity contribution in [2.24, 2.45) is 5.10 Å². The maximum Gasteiger partial charge on any atom is 0.311 e. The van der Waals surface area contributed by atoms with Gasteiger partial charge in [-0.2, -0.15) is 0 Å². The van der Waals surface area contributed by atoms with Gasteiger partial charge in [0.2, 0.25) is 5.82 Å². The minimum absolute atomic E-state index is 0.177. The molecule has 0 aliphatic heterocycles. The van der Waals surface area contributed by atoms with Gasteiger partial charge in [0.1, 0.15) is 0 Å². The molecule has 2 rings (SSSR count). The first-order valence-electron chi connectivity index (χ1n) is 7.40. The number of benzene rings is 1. The van der Waals surface area contributed by atoms with E-state index in [1.807, 2.05) is 24.3 Å². The Hall–Kier alpha value is -3.23. The molecular formula is C15H18N7O2-. The summed E-state index contributed by atoms with van der Waals surface area (Å²) in [4.78, 5) is 19.8. The Morgan fingerprint density at radius 1 is 1.29 bits per heavy atom. The lowest BCUT2D eigenvalue weighted by Crippen LogP contribution is -2.21. The molecule has 0 atom stereocenters. The number of nitrogen functional groups attached to an aromatic ring is 1. The zero-order chi connectivity index (χ0) is 17.5. The van der Waals surface area contributed by atoms with Crippen molar-refractivity contribution in [1.82, 2.24) is 9.97 Å². The van der Waals surface area contributed by atoms with Gasteiger partial charge in [-0.25, -0.2) is 4.98 Å². The molecule has 0 amide bonds. The molecule has 2 aromatic rings. The van der Waals surface area contributed by atoms with Crippen molar-refractivity contribution in [3.8, 4) is 0 Å². The molecule has 0 radical (unpaired) electrons. The van der Waals surface area contributed by atoms with E-state index in [2.05, 4.69) is 39.2 Å². The predicted octanol–water partition coefficient (Wildman–Crippen LogP) is 2.85. The highest BCUT2D eigenvalue weighted by Crippen LogP contribution is 2.32. The number of rotatable bonds is 7. The molecule has 1 aromatic heterocycles. The molecule has 24 heavy (non-hydrogen) atoms. The number of hydrogen-bond donors (Lipinski definition) is 1. The van der Waals surface area contributed by atoms with Crippen LogP contribution >= 0.6 is 0 Å². The van der Waals surface area contributed by atoms with Gasteiger partial charge in [-0.05, 0) is 31.5 Å². The van der Waals surface area contributed by atoms with E-state index in [1.54, 1.807) is 0 Å². The third kappa shape index (κ3) is 3.94. The van der Waals surface area contributed by atoms with Crippen LogP contribution in [-0.2, 0) is 0 Å². The lowest BCUT2D eigenvalue weighted by Gasteiger charge is -2.20. The summed E-state index contributed by atoms with van der Waals surface area (Å²) in [6, 6.07) is 7.77. The van der Waals surface area contributed by atoms with Gasteiger partial charge in [-0.3, -0.25) is 15.2 Å². The first-order valence-corrected chi connectivity index (χ1v) is 7.40. The zero-order valence-corrected chi connectivity index (χ0v) is 13.5. The summed E-state index contributed by atoms with van der Waals surface area (Å²) < 4.78 is 0. The van der Waals surface area contributed by atoms with Crippen molar-refractivity contribution in [2.75, 3.05) is 23.7 Å². The van der Waals surface area contributed by atoms with E-state index in [1.165, 1.54) is 6.21 Å². The molecule has 0 bridgehead atoms. The first kappa shape index (κ1) is 17.1. The number of nitro groups is 1. The highest BCUT2D eigenvalue weighted by atomic mass is 16.6. The number of hydrogen-bond acceptors (Lipinski definition) is 7. The van der Waals surface area contributed by atoms with Gasteiger partial charge in [-0.15, -0.1) is 0 Å². The molecule has 0 unspecified atom stereocenters. The monoisotopic (exact) mass is 328 g/mol. The normalized spacial score (nSPS) is 10.8. The Balaban J connectivity index is 2.10. The molecule has 0 saturated carbocycles. The van der Waals surface area contributed by atoms with Crippen LogP contribution in [0.1, 0.15) is 19.4 Å². The van der Waals surface area contributed by atoms with Crippen LogP contribution in [0.15, 0.2) is 35.7 Å². The topological polar surface area (TPSA) is 125 Å². The number of nitrogens with zero attached hydrogens (tertiary/aromatic N) is 6. The first-order chi connectivity index (χ1) is 11.6. The molecule has 0 aliphatic carbocycles. The summed E-state index contributed by atoms with van der Waals surface area (Å²) >= 11 is 0.